The van der Waals surface area contributed by atoms with Crippen LogP contribution in [0.4, 0.5) is 0 Å². The molecule has 0 saturated carbocycles. The molecular formula is C15H32N2OS. The molecule has 0 fully saturated rings. The summed E-state index contributed by atoms with van der Waals surface area (Å²) in [5, 5.41) is 4.28. The van der Waals surface area contributed by atoms with Crippen LogP contribution in [0.15, 0.2) is 0 Å². The lowest BCUT2D eigenvalue weighted by molar-refractivity contribution is 0.145. The van der Waals surface area contributed by atoms with Gasteiger partial charge in [0.15, 0.2) is 5.11 Å². The molecule has 0 amide bonds. The molecule has 0 bridgehead atoms. The van der Waals surface area contributed by atoms with Crippen LogP contribution in [0.25, 0.3) is 0 Å². The summed E-state index contributed by atoms with van der Waals surface area (Å²) in [6, 6.07) is 0.550. The monoisotopic (exact) mass is 288 g/mol. The van der Waals surface area contributed by atoms with Gasteiger partial charge in [0.2, 0.25) is 0 Å². The Morgan fingerprint density at radius 1 is 1.21 bits per heavy atom. The second-order valence-corrected chi connectivity index (χ2v) is 5.69. The first-order chi connectivity index (χ1) is 9.06. The lowest BCUT2D eigenvalue weighted by Crippen LogP contribution is -2.47. The average Bonchev–Trinajstić information content (AvgIpc) is 2.38. The Balaban J connectivity index is 4.22. The van der Waals surface area contributed by atoms with Crippen molar-refractivity contribution in [3.8, 4) is 0 Å². The maximum absolute atomic E-state index is 5.55. The van der Waals surface area contributed by atoms with Crippen molar-refractivity contribution in [2.24, 2.45) is 5.92 Å². The van der Waals surface area contributed by atoms with Crippen LogP contribution in [0.2, 0.25) is 0 Å². The molecule has 0 aromatic carbocycles. The number of ether oxygens (including phenoxy) is 1. The number of nitrogens with zero attached hydrogens (tertiary/aromatic N) is 1. The molecule has 0 atom stereocenters. The van der Waals surface area contributed by atoms with Gasteiger partial charge in [0.05, 0.1) is 0 Å². The Morgan fingerprint density at radius 2 is 1.84 bits per heavy atom. The molecule has 3 nitrogen and oxygen atoms in total. The van der Waals surface area contributed by atoms with Crippen LogP contribution >= 0.6 is 12.2 Å². The van der Waals surface area contributed by atoms with Crippen molar-refractivity contribution in [2.75, 3.05) is 26.3 Å². The van der Waals surface area contributed by atoms with Gasteiger partial charge in [0.1, 0.15) is 0 Å². The van der Waals surface area contributed by atoms with E-state index in [1.54, 1.807) is 0 Å². The van der Waals surface area contributed by atoms with Gasteiger partial charge in [-0.15, -0.1) is 0 Å². The number of thiocarbonyl (C=S) groups is 1. The van der Waals surface area contributed by atoms with E-state index in [4.69, 9.17) is 17.0 Å². The first-order valence-corrected chi connectivity index (χ1v) is 8.09. The Morgan fingerprint density at radius 3 is 2.32 bits per heavy atom. The quantitative estimate of drug-likeness (QED) is 0.492. The molecule has 0 heterocycles. The Kier molecular flexibility index (Phi) is 11.3. The summed E-state index contributed by atoms with van der Waals surface area (Å²) in [6.45, 7) is 14.5. The molecule has 1 N–H and O–H groups in total. The van der Waals surface area contributed by atoms with Gasteiger partial charge in [-0.25, -0.2) is 0 Å². The minimum atomic E-state index is 0.550. The average molecular weight is 289 g/mol. The van der Waals surface area contributed by atoms with Crippen molar-refractivity contribution in [3.63, 3.8) is 0 Å². The summed E-state index contributed by atoms with van der Waals surface area (Å²) < 4.78 is 5.33. The van der Waals surface area contributed by atoms with Crippen LogP contribution in [0.1, 0.15) is 53.9 Å². The highest BCUT2D eigenvalue weighted by Crippen LogP contribution is 2.11. The standard InChI is InChI=1S/C15H32N2OS/c1-6-14(7-2)17(12-13(4)5)15(19)16-10-9-11-18-8-3/h13-14H,6-12H2,1-5H3,(H,16,19). The zero-order valence-electron chi connectivity index (χ0n) is 13.4. The Labute approximate surface area is 125 Å². The predicted molar refractivity (Wildman–Crippen MR) is 87.6 cm³/mol. The van der Waals surface area contributed by atoms with Crippen LogP contribution in [-0.2, 0) is 4.74 Å². The third-order valence-electron chi connectivity index (χ3n) is 3.15. The highest BCUT2D eigenvalue weighted by molar-refractivity contribution is 7.80. The molecule has 4 heteroatoms. The van der Waals surface area contributed by atoms with E-state index in [0.29, 0.717) is 12.0 Å². The topological polar surface area (TPSA) is 24.5 Å². The van der Waals surface area contributed by atoms with E-state index in [0.717, 1.165) is 50.7 Å². The van der Waals surface area contributed by atoms with Crippen molar-refractivity contribution in [1.82, 2.24) is 10.2 Å². The van der Waals surface area contributed by atoms with Crippen LogP contribution < -0.4 is 5.32 Å². The van der Waals surface area contributed by atoms with Crippen LogP contribution in [0.3, 0.4) is 0 Å². The molecule has 19 heavy (non-hydrogen) atoms. The first-order valence-electron chi connectivity index (χ1n) is 7.68. The molecule has 0 spiro atoms. The highest BCUT2D eigenvalue weighted by Gasteiger charge is 2.18. The second-order valence-electron chi connectivity index (χ2n) is 5.30. The molecule has 0 unspecified atom stereocenters. The van der Waals surface area contributed by atoms with Gasteiger partial charge in [0.25, 0.3) is 0 Å². The van der Waals surface area contributed by atoms with E-state index in [1.807, 2.05) is 6.92 Å². The van der Waals surface area contributed by atoms with Crippen molar-refractivity contribution in [2.45, 2.75) is 59.9 Å². The van der Waals surface area contributed by atoms with Crippen LogP contribution in [0, 0.1) is 5.92 Å². The minimum absolute atomic E-state index is 0.550. The fourth-order valence-electron chi connectivity index (χ4n) is 2.14. The highest BCUT2D eigenvalue weighted by atomic mass is 32.1. The maximum atomic E-state index is 5.55. The zero-order chi connectivity index (χ0) is 14.7. The molecular weight excluding hydrogens is 256 g/mol. The summed E-state index contributed by atoms with van der Waals surface area (Å²) in [7, 11) is 0. The van der Waals surface area contributed by atoms with Gasteiger partial charge in [-0.2, -0.15) is 0 Å². The Bertz CT molecular complexity index is 230. The largest absolute Gasteiger partial charge is 0.382 e. The smallest absolute Gasteiger partial charge is 0.169 e. The number of nitrogens with one attached hydrogen (secondary N) is 1. The van der Waals surface area contributed by atoms with Crippen molar-refractivity contribution in [3.05, 3.63) is 0 Å². The van der Waals surface area contributed by atoms with E-state index in [1.165, 1.54) is 0 Å². The van der Waals surface area contributed by atoms with E-state index < -0.39 is 0 Å². The van der Waals surface area contributed by atoms with Crippen molar-refractivity contribution < 1.29 is 4.74 Å². The molecule has 0 aliphatic carbocycles. The molecule has 0 aliphatic rings. The van der Waals surface area contributed by atoms with Crippen molar-refractivity contribution >= 4 is 17.3 Å². The van der Waals surface area contributed by atoms with Gasteiger partial charge in [0, 0.05) is 32.3 Å². The predicted octanol–water partition coefficient (Wildman–Crippen LogP) is 3.43. The molecule has 0 rings (SSSR count). The summed E-state index contributed by atoms with van der Waals surface area (Å²) >= 11 is 5.55. The third-order valence-corrected chi connectivity index (χ3v) is 3.53. The normalized spacial score (nSPS) is 11.1. The van der Waals surface area contributed by atoms with Crippen LogP contribution in [-0.4, -0.2) is 42.4 Å². The fourth-order valence-corrected chi connectivity index (χ4v) is 2.46. The van der Waals surface area contributed by atoms with E-state index in [2.05, 4.69) is 37.9 Å². The minimum Gasteiger partial charge on any atom is -0.382 e. The fraction of sp³-hybridized carbons (Fsp3) is 0.933. The Hall–Kier alpha value is -0.350. The number of hydrogen-bond donors (Lipinski definition) is 1. The van der Waals surface area contributed by atoms with Gasteiger partial charge >= 0.3 is 0 Å². The van der Waals surface area contributed by atoms with Gasteiger partial charge in [-0.1, -0.05) is 27.7 Å². The van der Waals surface area contributed by atoms with Gasteiger partial charge < -0.3 is 15.0 Å². The number of hydrogen-bond acceptors (Lipinski definition) is 2. The van der Waals surface area contributed by atoms with E-state index in [-0.39, 0.29) is 0 Å². The van der Waals surface area contributed by atoms with E-state index >= 15 is 0 Å². The molecule has 114 valence electrons. The van der Waals surface area contributed by atoms with Gasteiger partial charge in [-0.3, -0.25) is 0 Å². The molecule has 0 radical (unpaired) electrons. The lowest BCUT2D eigenvalue weighted by Gasteiger charge is -2.34. The molecule has 0 aliphatic heterocycles. The van der Waals surface area contributed by atoms with Crippen molar-refractivity contribution in [1.29, 1.82) is 0 Å². The third kappa shape index (κ3) is 8.43. The molecule has 0 aromatic rings. The second kappa shape index (κ2) is 11.5. The summed E-state index contributed by atoms with van der Waals surface area (Å²) in [4.78, 5) is 2.36. The van der Waals surface area contributed by atoms with Gasteiger partial charge in [-0.05, 0) is 44.3 Å². The first kappa shape index (κ1) is 18.7. The number of rotatable bonds is 10. The summed E-state index contributed by atoms with van der Waals surface area (Å²) in [5.74, 6) is 0.628. The summed E-state index contributed by atoms with van der Waals surface area (Å²) in [6.07, 6.45) is 3.29. The lowest BCUT2D eigenvalue weighted by atomic mass is 10.1. The zero-order valence-corrected chi connectivity index (χ0v) is 14.2. The summed E-state index contributed by atoms with van der Waals surface area (Å²) in [5.41, 5.74) is 0. The molecule has 0 saturated heterocycles. The van der Waals surface area contributed by atoms with Crippen LogP contribution in [0.5, 0.6) is 0 Å². The SMILES string of the molecule is CCOCCCNC(=S)N(CC(C)C)C(CC)CC. The molecule has 0 aromatic heterocycles. The van der Waals surface area contributed by atoms with E-state index in [9.17, 15) is 0 Å². The maximum Gasteiger partial charge on any atom is 0.169 e.